The quantitative estimate of drug-likeness (QED) is 0.523. The predicted octanol–water partition coefficient (Wildman–Crippen LogP) is 5.45. The molecule has 0 bridgehead atoms. The molecule has 0 saturated carbocycles. The third-order valence-electron chi connectivity index (χ3n) is 5.99. The van der Waals surface area contributed by atoms with Gasteiger partial charge in [-0.1, -0.05) is 41.9 Å². The van der Waals surface area contributed by atoms with Crippen molar-refractivity contribution < 1.29 is 24.2 Å². The molecular formula is C26H24ClNO5. The highest BCUT2D eigenvalue weighted by Gasteiger charge is 2.42. The van der Waals surface area contributed by atoms with Crippen molar-refractivity contribution >= 4 is 23.5 Å². The Morgan fingerprint density at radius 2 is 1.55 bits per heavy atom. The standard InChI is InChI=1S/C26H24ClNO5/c1-32-19-13-18(14-20(15-19)33-2)16-7-9-17(10-8-16)25(29)28-23(11-12-24(28)26(30)31)21-5-3-4-6-22(21)27/h3-10,13-15,23-24H,11-12H2,1-2H3,(H,30,31)/t23-,24+/m1/s1. The number of carbonyl (C=O) groups is 2. The van der Waals surface area contributed by atoms with Crippen molar-refractivity contribution in [1.82, 2.24) is 4.90 Å². The van der Waals surface area contributed by atoms with Gasteiger partial charge < -0.3 is 19.5 Å². The van der Waals surface area contributed by atoms with E-state index in [-0.39, 0.29) is 5.91 Å². The first-order valence-electron chi connectivity index (χ1n) is 10.6. The van der Waals surface area contributed by atoms with Gasteiger partial charge in [-0.2, -0.15) is 0 Å². The first-order valence-corrected chi connectivity index (χ1v) is 10.9. The van der Waals surface area contributed by atoms with Gasteiger partial charge in [0.05, 0.1) is 20.3 Å². The lowest BCUT2D eigenvalue weighted by atomic mass is 10.0. The molecule has 1 amide bonds. The summed E-state index contributed by atoms with van der Waals surface area (Å²) in [5, 5.41) is 10.3. The second-order valence-corrected chi connectivity index (χ2v) is 8.27. The molecule has 33 heavy (non-hydrogen) atoms. The van der Waals surface area contributed by atoms with Gasteiger partial charge in [-0.25, -0.2) is 4.79 Å². The Bertz CT molecular complexity index is 1160. The fourth-order valence-corrected chi connectivity index (χ4v) is 4.58. The van der Waals surface area contributed by atoms with Crippen LogP contribution in [-0.2, 0) is 4.79 Å². The highest BCUT2D eigenvalue weighted by Crippen LogP contribution is 2.40. The van der Waals surface area contributed by atoms with E-state index in [0.29, 0.717) is 34.9 Å². The van der Waals surface area contributed by atoms with E-state index in [1.165, 1.54) is 4.90 Å². The highest BCUT2D eigenvalue weighted by atomic mass is 35.5. The minimum atomic E-state index is -1.02. The smallest absolute Gasteiger partial charge is 0.326 e. The van der Waals surface area contributed by atoms with Crippen LogP contribution < -0.4 is 9.47 Å². The molecule has 0 spiro atoms. The van der Waals surface area contributed by atoms with Crippen LogP contribution in [0.2, 0.25) is 5.02 Å². The highest BCUT2D eigenvalue weighted by molar-refractivity contribution is 6.31. The zero-order chi connectivity index (χ0) is 23.5. The van der Waals surface area contributed by atoms with Crippen molar-refractivity contribution in [3.8, 4) is 22.6 Å². The van der Waals surface area contributed by atoms with Gasteiger partial charge in [0.15, 0.2) is 0 Å². The number of likely N-dealkylation sites (tertiary alicyclic amines) is 1. The number of methoxy groups -OCH3 is 2. The number of benzene rings is 3. The number of carbonyl (C=O) groups excluding carboxylic acids is 1. The number of amides is 1. The molecule has 1 N–H and O–H groups in total. The van der Waals surface area contributed by atoms with Gasteiger partial charge in [0.25, 0.3) is 5.91 Å². The van der Waals surface area contributed by atoms with E-state index in [4.69, 9.17) is 21.1 Å². The summed E-state index contributed by atoms with van der Waals surface area (Å²) in [6, 6.07) is 18.6. The summed E-state index contributed by atoms with van der Waals surface area (Å²) in [7, 11) is 3.18. The fraction of sp³-hybridized carbons (Fsp3) is 0.231. The number of nitrogens with zero attached hydrogens (tertiary/aromatic N) is 1. The molecular weight excluding hydrogens is 442 g/mol. The van der Waals surface area contributed by atoms with Crippen LogP contribution in [0.5, 0.6) is 11.5 Å². The summed E-state index contributed by atoms with van der Waals surface area (Å²) in [4.78, 5) is 26.9. The molecule has 0 aromatic heterocycles. The van der Waals surface area contributed by atoms with Crippen molar-refractivity contribution in [2.75, 3.05) is 14.2 Å². The topological polar surface area (TPSA) is 76.1 Å². The van der Waals surface area contributed by atoms with Crippen molar-refractivity contribution in [2.24, 2.45) is 0 Å². The molecule has 0 aliphatic carbocycles. The van der Waals surface area contributed by atoms with Crippen molar-refractivity contribution in [3.63, 3.8) is 0 Å². The lowest BCUT2D eigenvalue weighted by Crippen LogP contribution is -2.41. The number of halogens is 1. The van der Waals surface area contributed by atoms with Crippen molar-refractivity contribution in [2.45, 2.75) is 24.9 Å². The van der Waals surface area contributed by atoms with E-state index in [0.717, 1.165) is 16.7 Å². The maximum Gasteiger partial charge on any atom is 0.326 e. The van der Waals surface area contributed by atoms with Crippen LogP contribution in [0.15, 0.2) is 66.7 Å². The van der Waals surface area contributed by atoms with E-state index < -0.39 is 18.1 Å². The number of carboxylic acids is 1. The molecule has 1 fully saturated rings. The van der Waals surface area contributed by atoms with Gasteiger partial charge in [0, 0.05) is 16.7 Å². The number of aliphatic carboxylic acids is 1. The molecule has 3 aromatic carbocycles. The number of rotatable bonds is 6. The van der Waals surface area contributed by atoms with E-state index in [1.54, 1.807) is 38.5 Å². The maximum absolute atomic E-state index is 13.5. The molecule has 6 nitrogen and oxygen atoms in total. The van der Waals surface area contributed by atoms with Crippen molar-refractivity contribution in [1.29, 1.82) is 0 Å². The largest absolute Gasteiger partial charge is 0.497 e. The molecule has 170 valence electrons. The molecule has 1 aliphatic rings. The van der Waals surface area contributed by atoms with Gasteiger partial charge in [-0.05, 0) is 59.9 Å². The van der Waals surface area contributed by atoms with Gasteiger partial charge in [0.1, 0.15) is 17.5 Å². The monoisotopic (exact) mass is 465 g/mol. The SMILES string of the molecule is COc1cc(OC)cc(-c2ccc(C(=O)N3[C@@H](c4ccccc4Cl)CC[C@H]3C(=O)O)cc2)c1. The number of hydrogen-bond acceptors (Lipinski definition) is 4. The molecule has 1 aliphatic heterocycles. The number of hydrogen-bond donors (Lipinski definition) is 1. The summed E-state index contributed by atoms with van der Waals surface area (Å²) in [5.74, 6) is -0.0282. The number of ether oxygens (including phenoxy) is 2. The maximum atomic E-state index is 13.5. The van der Waals surface area contributed by atoms with Crippen LogP contribution in [0.25, 0.3) is 11.1 Å². The Kier molecular flexibility index (Phi) is 6.56. The Morgan fingerprint density at radius 1 is 0.909 bits per heavy atom. The summed E-state index contributed by atoms with van der Waals surface area (Å²) in [5.41, 5.74) is 2.93. The van der Waals surface area contributed by atoms with Crippen LogP contribution in [0.1, 0.15) is 34.8 Å². The molecule has 2 atom stereocenters. The third kappa shape index (κ3) is 4.52. The second-order valence-electron chi connectivity index (χ2n) is 7.86. The summed E-state index contributed by atoms with van der Waals surface area (Å²) < 4.78 is 10.7. The van der Waals surface area contributed by atoms with Crippen LogP contribution in [0.4, 0.5) is 0 Å². The van der Waals surface area contributed by atoms with E-state index in [9.17, 15) is 14.7 Å². The Hall–Kier alpha value is -3.51. The van der Waals surface area contributed by atoms with Crippen LogP contribution in [0.3, 0.4) is 0 Å². The summed E-state index contributed by atoms with van der Waals surface area (Å²) >= 11 is 6.38. The summed E-state index contributed by atoms with van der Waals surface area (Å²) in [6.45, 7) is 0. The van der Waals surface area contributed by atoms with E-state index >= 15 is 0 Å². The average molecular weight is 466 g/mol. The van der Waals surface area contributed by atoms with Gasteiger partial charge >= 0.3 is 5.97 Å². The zero-order valence-corrected chi connectivity index (χ0v) is 19.1. The lowest BCUT2D eigenvalue weighted by Gasteiger charge is -2.29. The molecule has 1 heterocycles. The normalized spacial score (nSPS) is 17.6. The zero-order valence-electron chi connectivity index (χ0n) is 18.3. The molecule has 3 aromatic rings. The second kappa shape index (κ2) is 9.55. The van der Waals surface area contributed by atoms with E-state index in [2.05, 4.69) is 0 Å². The molecule has 1 saturated heterocycles. The molecule has 4 rings (SSSR count). The molecule has 0 radical (unpaired) electrons. The minimum Gasteiger partial charge on any atom is -0.497 e. The average Bonchev–Trinajstić information content (AvgIpc) is 3.29. The minimum absolute atomic E-state index is 0.334. The fourth-order valence-electron chi connectivity index (χ4n) is 4.32. The van der Waals surface area contributed by atoms with Crippen LogP contribution >= 0.6 is 11.6 Å². The first kappa shape index (κ1) is 22.7. The predicted molar refractivity (Wildman–Crippen MR) is 126 cm³/mol. The Balaban J connectivity index is 1.66. The third-order valence-corrected chi connectivity index (χ3v) is 6.33. The lowest BCUT2D eigenvalue weighted by molar-refractivity contribution is -0.141. The van der Waals surface area contributed by atoms with Crippen LogP contribution in [0, 0.1) is 0 Å². The van der Waals surface area contributed by atoms with E-state index in [1.807, 2.05) is 42.5 Å². The Labute approximate surface area is 197 Å². The Morgan fingerprint density at radius 3 is 2.12 bits per heavy atom. The van der Waals surface area contributed by atoms with Gasteiger partial charge in [-0.15, -0.1) is 0 Å². The van der Waals surface area contributed by atoms with Crippen molar-refractivity contribution in [3.05, 3.63) is 82.9 Å². The summed E-state index contributed by atoms with van der Waals surface area (Å²) in [6.07, 6.45) is 0.910. The molecule has 7 heteroatoms. The first-order chi connectivity index (χ1) is 15.9. The van der Waals surface area contributed by atoms with Crippen LogP contribution in [-0.4, -0.2) is 42.1 Å². The van der Waals surface area contributed by atoms with Gasteiger partial charge in [0.2, 0.25) is 0 Å². The van der Waals surface area contributed by atoms with Gasteiger partial charge in [-0.3, -0.25) is 4.79 Å². The number of carboxylic acid groups (broad SMARTS) is 1. The molecule has 0 unspecified atom stereocenters.